The third kappa shape index (κ3) is 8.12. The third-order valence-electron chi connectivity index (χ3n) is 8.14. The van der Waals surface area contributed by atoms with Gasteiger partial charge in [0.05, 0.1) is 18.8 Å². The number of aliphatic hydroxyl groups is 1. The molecule has 0 bridgehead atoms. The second-order valence-corrected chi connectivity index (χ2v) is 11.5. The van der Waals surface area contributed by atoms with Crippen molar-refractivity contribution in [2.24, 2.45) is 5.92 Å². The summed E-state index contributed by atoms with van der Waals surface area (Å²) in [6.45, 7) is 6.75. The predicted octanol–water partition coefficient (Wildman–Crippen LogP) is 6.59. The van der Waals surface area contributed by atoms with Gasteiger partial charge in [0.1, 0.15) is 0 Å². The van der Waals surface area contributed by atoms with E-state index >= 15 is 0 Å². The fraction of sp³-hybridized carbons (Fsp3) is 0.324. The molecule has 1 heterocycles. The van der Waals surface area contributed by atoms with Crippen LogP contribution in [0.15, 0.2) is 103 Å². The number of carbonyl (C=O) groups is 1. The third-order valence-corrected chi connectivity index (χ3v) is 8.14. The lowest BCUT2D eigenvalue weighted by molar-refractivity contribution is -0.276. The molecule has 1 saturated heterocycles. The van der Waals surface area contributed by atoms with Crippen LogP contribution < -0.4 is 10.6 Å². The number of nitrogens with one attached hydrogen (secondary N) is 2. The van der Waals surface area contributed by atoms with E-state index < -0.39 is 6.29 Å². The number of rotatable bonds is 11. The maximum absolute atomic E-state index is 11.8. The van der Waals surface area contributed by atoms with Crippen molar-refractivity contribution in [3.63, 3.8) is 0 Å². The van der Waals surface area contributed by atoms with Crippen LogP contribution in [0.3, 0.4) is 0 Å². The number of aliphatic hydroxyl groups excluding tert-OH is 1. The van der Waals surface area contributed by atoms with E-state index in [1.807, 2.05) is 37.3 Å². The van der Waals surface area contributed by atoms with E-state index in [2.05, 4.69) is 102 Å². The first-order valence-electron chi connectivity index (χ1n) is 15.4. The van der Waals surface area contributed by atoms with Gasteiger partial charge in [0.25, 0.3) is 0 Å². The second kappa shape index (κ2) is 15.1. The number of urea groups is 1. The number of carbonyl (C=O) groups excluding carboxylic acids is 1. The minimum Gasteiger partial charge on any atom is -0.392 e. The summed E-state index contributed by atoms with van der Waals surface area (Å²) in [6.07, 6.45) is -0.741. The minimum absolute atomic E-state index is 0.0138. The summed E-state index contributed by atoms with van der Waals surface area (Å²) in [6, 6.07) is 34.9. The molecule has 1 aliphatic heterocycles. The van der Waals surface area contributed by atoms with Gasteiger partial charge in [-0.15, -0.1) is 0 Å². The van der Waals surface area contributed by atoms with Crippen LogP contribution >= 0.6 is 0 Å². The van der Waals surface area contributed by atoms with E-state index in [9.17, 15) is 9.90 Å². The Bertz CT molecular complexity index is 1480. The van der Waals surface area contributed by atoms with E-state index in [0.717, 1.165) is 46.5 Å². The van der Waals surface area contributed by atoms with E-state index in [-0.39, 0.29) is 30.8 Å². The van der Waals surface area contributed by atoms with Crippen LogP contribution in [0.25, 0.3) is 11.1 Å². The molecule has 0 radical (unpaired) electrons. The molecule has 0 unspecified atom stereocenters. The van der Waals surface area contributed by atoms with Crippen molar-refractivity contribution in [2.75, 3.05) is 20.1 Å². The summed E-state index contributed by atoms with van der Waals surface area (Å²) in [4.78, 5) is 14.1. The van der Waals surface area contributed by atoms with Crippen LogP contribution in [0.2, 0.25) is 0 Å². The van der Waals surface area contributed by atoms with Crippen LogP contribution in [0.1, 0.15) is 54.1 Å². The molecule has 2 amide bonds. The lowest BCUT2D eigenvalue weighted by atomic mass is 9.90. The minimum atomic E-state index is -0.523. The van der Waals surface area contributed by atoms with E-state index in [4.69, 9.17) is 9.47 Å². The van der Waals surface area contributed by atoms with Crippen LogP contribution in [0.5, 0.6) is 0 Å². The molecule has 4 aromatic rings. The molecule has 5 rings (SSSR count). The van der Waals surface area contributed by atoms with Crippen LogP contribution in [-0.4, -0.2) is 42.3 Å². The van der Waals surface area contributed by atoms with Crippen molar-refractivity contribution in [1.82, 2.24) is 15.5 Å². The van der Waals surface area contributed by atoms with E-state index in [1.165, 1.54) is 5.56 Å². The summed E-state index contributed by atoms with van der Waals surface area (Å²) < 4.78 is 13.3. The molecule has 7 heteroatoms. The maximum Gasteiger partial charge on any atom is 0.315 e. The Morgan fingerprint density at radius 3 is 2.20 bits per heavy atom. The van der Waals surface area contributed by atoms with Crippen molar-refractivity contribution >= 4 is 6.03 Å². The van der Waals surface area contributed by atoms with Gasteiger partial charge in [0, 0.05) is 37.7 Å². The first kappa shape index (κ1) is 31.4. The molecular weight excluding hydrogens is 550 g/mol. The van der Waals surface area contributed by atoms with E-state index in [1.54, 1.807) is 0 Å². The average Bonchev–Trinajstić information content (AvgIpc) is 3.05. The van der Waals surface area contributed by atoms with Gasteiger partial charge in [0.2, 0.25) is 0 Å². The molecule has 0 spiro atoms. The zero-order valence-electron chi connectivity index (χ0n) is 25.8. The quantitative estimate of drug-likeness (QED) is 0.183. The van der Waals surface area contributed by atoms with Gasteiger partial charge in [-0.3, -0.25) is 4.90 Å². The number of hydrogen-bond acceptors (Lipinski definition) is 5. The Kier molecular flexibility index (Phi) is 10.8. The van der Waals surface area contributed by atoms with Crippen molar-refractivity contribution in [3.8, 4) is 11.1 Å². The highest BCUT2D eigenvalue weighted by Gasteiger charge is 2.38. The molecule has 3 N–H and O–H groups in total. The Balaban J connectivity index is 1.34. The van der Waals surface area contributed by atoms with Crippen LogP contribution in [0.4, 0.5) is 4.79 Å². The first-order valence-corrected chi connectivity index (χ1v) is 15.4. The number of ether oxygens (including phenoxy) is 2. The molecule has 230 valence electrons. The van der Waals surface area contributed by atoms with Gasteiger partial charge >= 0.3 is 6.03 Å². The highest BCUT2D eigenvalue weighted by atomic mass is 16.7. The van der Waals surface area contributed by atoms with Gasteiger partial charge < -0.3 is 25.2 Å². The Morgan fingerprint density at radius 1 is 0.795 bits per heavy atom. The van der Waals surface area contributed by atoms with Gasteiger partial charge in [-0.1, -0.05) is 104 Å². The van der Waals surface area contributed by atoms with Gasteiger partial charge in [0.15, 0.2) is 6.29 Å². The summed E-state index contributed by atoms with van der Waals surface area (Å²) in [7, 11) is 2.13. The molecule has 1 fully saturated rings. The lowest BCUT2D eigenvalue weighted by Crippen LogP contribution is -2.43. The van der Waals surface area contributed by atoms with Crippen molar-refractivity contribution in [2.45, 2.75) is 52.0 Å². The molecule has 0 aliphatic carbocycles. The largest absolute Gasteiger partial charge is 0.392 e. The van der Waals surface area contributed by atoms with Gasteiger partial charge in [-0.05, 0) is 53.4 Å². The second-order valence-electron chi connectivity index (χ2n) is 11.5. The van der Waals surface area contributed by atoms with Crippen LogP contribution in [0, 0.1) is 5.92 Å². The molecule has 7 nitrogen and oxygen atoms in total. The molecule has 44 heavy (non-hydrogen) atoms. The first-order chi connectivity index (χ1) is 21.4. The zero-order valence-corrected chi connectivity index (χ0v) is 25.8. The zero-order chi connectivity index (χ0) is 30.9. The number of hydrogen-bond donors (Lipinski definition) is 3. The fourth-order valence-electron chi connectivity index (χ4n) is 5.69. The SMILES string of the molecule is CCNC(=O)NCc1cccc(-c2ccc([C@@H]3O[C@H](CN(C)Cc4ccccc4)[C@H](C)[C@H](c4ccc(CO)cc4)O3)cc2)c1. The summed E-state index contributed by atoms with van der Waals surface area (Å²) >= 11 is 0. The lowest BCUT2D eigenvalue weighted by Gasteiger charge is -2.42. The molecule has 4 aromatic carbocycles. The van der Waals surface area contributed by atoms with Crippen molar-refractivity contribution in [1.29, 1.82) is 0 Å². The van der Waals surface area contributed by atoms with Gasteiger partial charge in [-0.25, -0.2) is 4.79 Å². The summed E-state index contributed by atoms with van der Waals surface area (Å²) in [5, 5.41) is 15.2. The smallest absolute Gasteiger partial charge is 0.315 e. The molecule has 0 aromatic heterocycles. The standard InChI is InChI=1S/C37H43N3O4/c1-4-38-37(42)39-22-29-11-8-12-33(21-29)30-17-19-32(20-18-30)36-43-34(24-40(3)23-27-9-6-5-7-10-27)26(2)35(44-36)31-15-13-28(25-41)14-16-31/h5-21,26,34-36,41H,4,22-25H2,1-3H3,(H2,38,39,42)/t26-,34+,35+,36+/m0/s1. The normalized spacial score (nSPS) is 19.9. The number of nitrogens with zero attached hydrogens (tertiary/aromatic N) is 1. The molecule has 1 aliphatic rings. The highest BCUT2D eigenvalue weighted by Crippen LogP contribution is 2.42. The molecular formula is C37H43N3O4. The van der Waals surface area contributed by atoms with Gasteiger partial charge in [-0.2, -0.15) is 0 Å². The number of amides is 2. The Labute approximate surface area is 260 Å². The Morgan fingerprint density at radius 2 is 1.50 bits per heavy atom. The monoisotopic (exact) mass is 593 g/mol. The summed E-state index contributed by atoms with van der Waals surface area (Å²) in [5.74, 6) is 0.111. The number of likely N-dealkylation sites (N-methyl/N-ethyl adjacent to an activating group) is 1. The molecule has 4 atom stereocenters. The number of benzene rings is 4. The highest BCUT2D eigenvalue weighted by molar-refractivity contribution is 5.73. The average molecular weight is 594 g/mol. The van der Waals surface area contributed by atoms with Crippen LogP contribution in [-0.2, 0) is 29.2 Å². The Hall–Kier alpha value is -4.01. The fourth-order valence-corrected chi connectivity index (χ4v) is 5.69. The van der Waals surface area contributed by atoms with E-state index in [0.29, 0.717) is 13.1 Å². The summed E-state index contributed by atoms with van der Waals surface area (Å²) in [5.41, 5.74) is 7.37. The van der Waals surface area contributed by atoms with Crippen molar-refractivity contribution in [3.05, 3.63) is 131 Å². The maximum atomic E-state index is 11.8. The van der Waals surface area contributed by atoms with Crippen molar-refractivity contribution < 1.29 is 19.4 Å². The topological polar surface area (TPSA) is 83.1 Å². The molecule has 0 saturated carbocycles. The predicted molar refractivity (Wildman–Crippen MR) is 174 cm³/mol.